The summed E-state index contributed by atoms with van der Waals surface area (Å²) in [5.41, 5.74) is 1.93. The number of nitrogens with zero attached hydrogens (tertiary/aromatic N) is 6. The molecule has 0 saturated heterocycles. The second-order valence-corrected chi connectivity index (χ2v) is 7.27. The van der Waals surface area contributed by atoms with Gasteiger partial charge in [-0.05, 0) is 30.2 Å². The predicted octanol–water partition coefficient (Wildman–Crippen LogP) is 4.35. The van der Waals surface area contributed by atoms with Gasteiger partial charge in [-0.1, -0.05) is 66.7 Å². The number of thioether (sulfide) groups is 1. The Balaban J connectivity index is 1.16. The lowest BCUT2D eigenvalue weighted by Gasteiger charge is -1.99. The van der Waals surface area contributed by atoms with Crippen molar-refractivity contribution in [3.8, 4) is 22.8 Å². The summed E-state index contributed by atoms with van der Waals surface area (Å²) in [6.45, 7) is 0.767. The van der Waals surface area contributed by atoms with E-state index in [-0.39, 0.29) is 0 Å². The van der Waals surface area contributed by atoms with E-state index in [0.717, 1.165) is 42.7 Å². The van der Waals surface area contributed by atoms with Crippen LogP contribution in [0.15, 0.2) is 70.3 Å². The molecule has 0 spiro atoms. The molecule has 4 rings (SSSR count). The van der Waals surface area contributed by atoms with E-state index in [1.807, 2.05) is 60.7 Å². The van der Waals surface area contributed by atoms with E-state index in [1.54, 1.807) is 16.6 Å². The van der Waals surface area contributed by atoms with Gasteiger partial charge in [0.1, 0.15) is 0 Å². The van der Waals surface area contributed by atoms with Crippen molar-refractivity contribution >= 4 is 11.8 Å². The molecule has 142 valence electrons. The zero-order valence-electron chi connectivity index (χ0n) is 15.3. The molecule has 7 nitrogen and oxygen atoms in total. The molecule has 0 atom stereocenters. The summed E-state index contributed by atoms with van der Waals surface area (Å²) in [5.74, 6) is 2.17. The number of tetrazole rings is 1. The number of aryl methyl sites for hydroxylation is 1. The van der Waals surface area contributed by atoms with Crippen molar-refractivity contribution < 1.29 is 4.42 Å². The van der Waals surface area contributed by atoms with Crippen LogP contribution < -0.4 is 0 Å². The van der Waals surface area contributed by atoms with Crippen molar-refractivity contribution in [1.29, 1.82) is 0 Å². The second kappa shape index (κ2) is 9.27. The van der Waals surface area contributed by atoms with Gasteiger partial charge < -0.3 is 4.42 Å². The summed E-state index contributed by atoms with van der Waals surface area (Å²) in [6, 6.07) is 19.7. The number of aromatic nitrogens is 6. The molecule has 2 heterocycles. The maximum Gasteiger partial charge on any atom is 0.276 e. The van der Waals surface area contributed by atoms with Crippen LogP contribution in [0.25, 0.3) is 22.8 Å². The molecule has 0 saturated carbocycles. The average molecular weight is 392 g/mol. The standard InChI is InChI=1S/C20H20N6OS/c1-4-10-16(11-5-1)18-21-25-26(24-18)14-8-3-9-15-28-20-23-22-19(27-20)17-12-6-2-7-13-17/h1-2,4-7,10-13H,3,8-9,14-15H2. The van der Waals surface area contributed by atoms with E-state index in [0.29, 0.717) is 16.9 Å². The lowest BCUT2D eigenvalue weighted by Crippen LogP contribution is -2.02. The van der Waals surface area contributed by atoms with Gasteiger partial charge in [-0.3, -0.25) is 0 Å². The van der Waals surface area contributed by atoms with Crippen molar-refractivity contribution in [2.45, 2.75) is 31.0 Å². The largest absolute Gasteiger partial charge is 0.411 e. The molecule has 28 heavy (non-hydrogen) atoms. The van der Waals surface area contributed by atoms with E-state index in [9.17, 15) is 0 Å². The molecule has 0 aliphatic rings. The number of hydrogen-bond acceptors (Lipinski definition) is 7. The lowest BCUT2D eigenvalue weighted by molar-refractivity contribution is 0.465. The van der Waals surface area contributed by atoms with Gasteiger partial charge in [-0.15, -0.1) is 20.4 Å². The Morgan fingerprint density at radius 1 is 0.786 bits per heavy atom. The molecule has 2 aromatic carbocycles. The topological polar surface area (TPSA) is 82.5 Å². The first kappa shape index (κ1) is 18.4. The zero-order valence-corrected chi connectivity index (χ0v) is 16.1. The summed E-state index contributed by atoms with van der Waals surface area (Å²) >= 11 is 1.59. The Labute approximate surface area is 167 Å². The van der Waals surface area contributed by atoms with Crippen molar-refractivity contribution in [1.82, 2.24) is 30.4 Å². The Morgan fingerprint density at radius 3 is 2.32 bits per heavy atom. The normalized spacial score (nSPS) is 11.0. The first-order valence-corrected chi connectivity index (χ1v) is 10.2. The van der Waals surface area contributed by atoms with E-state index in [4.69, 9.17) is 4.42 Å². The third-order valence-corrected chi connectivity index (χ3v) is 5.04. The Kier molecular flexibility index (Phi) is 6.08. The lowest BCUT2D eigenvalue weighted by atomic mass is 10.2. The molecule has 0 fully saturated rings. The van der Waals surface area contributed by atoms with Gasteiger partial charge in [0, 0.05) is 16.9 Å². The van der Waals surface area contributed by atoms with E-state index < -0.39 is 0 Å². The van der Waals surface area contributed by atoms with Gasteiger partial charge >= 0.3 is 0 Å². The van der Waals surface area contributed by atoms with Crippen molar-refractivity contribution in [3.63, 3.8) is 0 Å². The number of hydrogen-bond donors (Lipinski definition) is 0. The molecule has 0 radical (unpaired) electrons. The van der Waals surface area contributed by atoms with Gasteiger partial charge in [0.05, 0.1) is 6.54 Å². The highest BCUT2D eigenvalue weighted by Gasteiger charge is 2.08. The first-order chi connectivity index (χ1) is 13.9. The third-order valence-electron chi connectivity index (χ3n) is 4.14. The SMILES string of the molecule is c1ccc(-c2nnn(CCCCCSc3nnc(-c4ccccc4)o3)n2)cc1. The molecule has 0 aliphatic carbocycles. The van der Waals surface area contributed by atoms with Gasteiger partial charge in [0.15, 0.2) is 0 Å². The molecule has 2 aromatic heterocycles. The third kappa shape index (κ3) is 4.83. The predicted molar refractivity (Wildman–Crippen MR) is 108 cm³/mol. The van der Waals surface area contributed by atoms with Gasteiger partial charge in [0.25, 0.3) is 5.22 Å². The van der Waals surface area contributed by atoms with Crippen molar-refractivity contribution in [3.05, 3.63) is 60.7 Å². The van der Waals surface area contributed by atoms with Crippen LogP contribution in [-0.2, 0) is 6.54 Å². The molecule has 4 aromatic rings. The monoisotopic (exact) mass is 392 g/mol. The average Bonchev–Trinajstić information content (AvgIpc) is 3.42. The van der Waals surface area contributed by atoms with E-state index in [2.05, 4.69) is 25.6 Å². The van der Waals surface area contributed by atoms with Gasteiger partial charge in [-0.2, -0.15) is 4.80 Å². The number of benzene rings is 2. The Hall–Kier alpha value is -3.00. The van der Waals surface area contributed by atoms with E-state index >= 15 is 0 Å². The number of rotatable bonds is 9. The van der Waals surface area contributed by atoms with Crippen LogP contribution in [0.1, 0.15) is 19.3 Å². The fourth-order valence-corrected chi connectivity index (χ4v) is 3.46. The van der Waals surface area contributed by atoms with E-state index in [1.165, 1.54) is 0 Å². The molecule has 0 bridgehead atoms. The van der Waals surface area contributed by atoms with Crippen molar-refractivity contribution in [2.24, 2.45) is 0 Å². The summed E-state index contributed by atoms with van der Waals surface area (Å²) in [6.07, 6.45) is 3.15. The minimum Gasteiger partial charge on any atom is -0.411 e. The van der Waals surface area contributed by atoms with Crippen molar-refractivity contribution in [2.75, 3.05) is 5.75 Å². The van der Waals surface area contributed by atoms with Crippen LogP contribution in [0.2, 0.25) is 0 Å². The van der Waals surface area contributed by atoms with Crippen LogP contribution in [0.5, 0.6) is 0 Å². The zero-order chi connectivity index (χ0) is 19.0. The minimum absolute atomic E-state index is 0.564. The maximum atomic E-state index is 5.70. The quantitative estimate of drug-likeness (QED) is 0.309. The summed E-state index contributed by atoms with van der Waals surface area (Å²) < 4.78 is 5.70. The van der Waals surface area contributed by atoms with Crippen LogP contribution >= 0.6 is 11.8 Å². The molecule has 0 aliphatic heterocycles. The molecular formula is C20H20N6OS. The molecular weight excluding hydrogens is 372 g/mol. The van der Waals surface area contributed by atoms with Crippen LogP contribution in [0.4, 0.5) is 0 Å². The summed E-state index contributed by atoms with van der Waals surface area (Å²) in [7, 11) is 0. The van der Waals surface area contributed by atoms with Crippen LogP contribution in [-0.4, -0.2) is 36.2 Å². The highest BCUT2D eigenvalue weighted by Crippen LogP contribution is 2.23. The second-order valence-electron chi connectivity index (χ2n) is 6.22. The smallest absolute Gasteiger partial charge is 0.276 e. The highest BCUT2D eigenvalue weighted by atomic mass is 32.2. The molecule has 8 heteroatoms. The molecule has 0 amide bonds. The number of unbranched alkanes of at least 4 members (excludes halogenated alkanes) is 2. The summed E-state index contributed by atoms with van der Waals surface area (Å²) in [4.78, 5) is 1.67. The molecule has 0 N–H and O–H groups in total. The van der Waals surface area contributed by atoms with Crippen LogP contribution in [0, 0.1) is 0 Å². The Bertz CT molecular complexity index is 904. The first-order valence-electron chi connectivity index (χ1n) is 9.23. The van der Waals surface area contributed by atoms with Gasteiger partial charge in [-0.25, -0.2) is 0 Å². The van der Waals surface area contributed by atoms with Gasteiger partial charge in [0.2, 0.25) is 11.7 Å². The fourth-order valence-electron chi connectivity index (χ4n) is 2.70. The maximum absolute atomic E-state index is 5.70. The molecule has 0 unspecified atom stereocenters. The minimum atomic E-state index is 0.564. The highest BCUT2D eigenvalue weighted by molar-refractivity contribution is 7.99. The van der Waals surface area contributed by atoms with Crippen LogP contribution in [0.3, 0.4) is 0 Å². The summed E-state index contributed by atoms with van der Waals surface area (Å²) in [5, 5.41) is 21.5. The fraction of sp³-hybridized carbons (Fsp3) is 0.250. The Morgan fingerprint density at radius 2 is 1.54 bits per heavy atom.